The number of rotatable bonds is 4. The molecule has 3 heteroatoms. The van der Waals surface area contributed by atoms with Crippen LogP contribution in [0, 0.1) is 5.41 Å². The summed E-state index contributed by atoms with van der Waals surface area (Å²) in [6.07, 6.45) is 2.35. The van der Waals surface area contributed by atoms with Gasteiger partial charge in [0.05, 0.1) is 6.61 Å². The molecule has 96 valence electrons. The number of hydrogen-bond acceptors (Lipinski definition) is 3. The Labute approximate surface area is 107 Å². The fourth-order valence-electron chi connectivity index (χ4n) is 2.62. The summed E-state index contributed by atoms with van der Waals surface area (Å²) in [4.78, 5) is 24.3. The van der Waals surface area contributed by atoms with Crippen LogP contribution >= 0.6 is 0 Å². The second-order valence-corrected chi connectivity index (χ2v) is 4.74. The van der Waals surface area contributed by atoms with Crippen LogP contribution in [0.5, 0.6) is 0 Å². The molecule has 0 aliphatic heterocycles. The molecular weight excluding hydrogens is 228 g/mol. The monoisotopic (exact) mass is 246 g/mol. The number of benzene rings is 1. The molecule has 0 radical (unpaired) electrons. The van der Waals surface area contributed by atoms with Crippen molar-refractivity contribution >= 4 is 11.8 Å². The van der Waals surface area contributed by atoms with E-state index in [-0.39, 0.29) is 11.8 Å². The summed E-state index contributed by atoms with van der Waals surface area (Å²) >= 11 is 0. The van der Waals surface area contributed by atoms with Crippen molar-refractivity contribution in [1.82, 2.24) is 0 Å². The van der Waals surface area contributed by atoms with Gasteiger partial charge in [-0.3, -0.25) is 9.59 Å². The fourth-order valence-corrected chi connectivity index (χ4v) is 2.62. The van der Waals surface area contributed by atoms with Gasteiger partial charge >= 0.3 is 5.97 Å². The van der Waals surface area contributed by atoms with Crippen LogP contribution in [0.3, 0.4) is 0 Å². The molecular formula is C15H18O3. The lowest BCUT2D eigenvalue weighted by atomic mass is 9.79. The fraction of sp³-hybridized carbons (Fsp3) is 0.467. The molecule has 1 fully saturated rings. The maximum Gasteiger partial charge on any atom is 0.319 e. The Hall–Kier alpha value is -1.64. The van der Waals surface area contributed by atoms with E-state index in [2.05, 4.69) is 0 Å². The first-order valence-electron chi connectivity index (χ1n) is 6.43. The van der Waals surface area contributed by atoms with Crippen LogP contribution in [0.1, 0.15) is 31.7 Å². The average Bonchev–Trinajstić information content (AvgIpc) is 2.74. The minimum atomic E-state index is -0.933. The molecule has 0 aromatic heterocycles. The molecule has 1 atom stereocenters. The van der Waals surface area contributed by atoms with Gasteiger partial charge < -0.3 is 4.74 Å². The third kappa shape index (κ3) is 2.30. The molecule has 1 aliphatic carbocycles. The van der Waals surface area contributed by atoms with Gasteiger partial charge in [-0.2, -0.15) is 0 Å². The molecule has 1 aromatic carbocycles. The first kappa shape index (κ1) is 12.8. The zero-order valence-corrected chi connectivity index (χ0v) is 10.6. The van der Waals surface area contributed by atoms with Crippen LogP contribution in [0.15, 0.2) is 30.3 Å². The minimum absolute atomic E-state index is 0.0322. The van der Waals surface area contributed by atoms with E-state index in [0.29, 0.717) is 25.9 Å². The van der Waals surface area contributed by atoms with Gasteiger partial charge in [-0.15, -0.1) is 0 Å². The Bertz CT molecular complexity index is 438. The van der Waals surface area contributed by atoms with Crippen LogP contribution in [0.4, 0.5) is 0 Å². The normalized spacial score (nSPS) is 23.1. The number of ether oxygens (including phenoxy) is 1. The Morgan fingerprint density at radius 1 is 1.33 bits per heavy atom. The van der Waals surface area contributed by atoms with E-state index in [0.717, 1.165) is 12.0 Å². The lowest BCUT2D eigenvalue weighted by Crippen LogP contribution is -2.39. The Morgan fingerprint density at radius 3 is 2.61 bits per heavy atom. The predicted molar refractivity (Wildman–Crippen MR) is 68.1 cm³/mol. The molecule has 2 rings (SSSR count). The highest BCUT2D eigenvalue weighted by molar-refractivity contribution is 6.05. The van der Waals surface area contributed by atoms with Crippen LogP contribution in [0.25, 0.3) is 0 Å². The van der Waals surface area contributed by atoms with E-state index in [9.17, 15) is 9.59 Å². The van der Waals surface area contributed by atoms with Crippen LogP contribution < -0.4 is 0 Å². The van der Waals surface area contributed by atoms with Gasteiger partial charge in [-0.05, 0) is 31.7 Å². The first-order chi connectivity index (χ1) is 8.69. The average molecular weight is 246 g/mol. The summed E-state index contributed by atoms with van der Waals surface area (Å²) in [5.74, 6) is -0.318. The molecule has 1 saturated carbocycles. The number of carbonyl (C=O) groups excluding carboxylic acids is 2. The Balaban J connectivity index is 2.26. The minimum Gasteiger partial charge on any atom is -0.465 e. The molecule has 0 amide bonds. The summed E-state index contributed by atoms with van der Waals surface area (Å²) < 4.78 is 5.11. The zero-order chi connectivity index (χ0) is 13.0. The van der Waals surface area contributed by atoms with Gasteiger partial charge in [0.1, 0.15) is 5.41 Å². The molecule has 3 nitrogen and oxygen atoms in total. The molecule has 0 heterocycles. The van der Waals surface area contributed by atoms with E-state index >= 15 is 0 Å². The van der Waals surface area contributed by atoms with Crippen LogP contribution in [0.2, 0.25) is 0 Å². The molecule has 1 unspecified atom stereocenters. The summed E-state index contributed by atoms with van der Waals surface area (Å²) in [6.45, 7) is 2.09. The zero-order valence-electron chi connectivity index (χ0n) is 10.6. The van der Waals surface area contributed by atoms with Crippen molar-refractivity contribution in [3.05, 3.63) is 35.9 Å². The van der Waals surface area contributed by atoms with E-state index in [4.69, 9.17) is 4.74 Å². The molecule has 18 heavy (non-hydrogen) atoms. The second-order valence-electron chi connectivity index (χ2n) is 4.74. The lowest BCUT2D eigenvalue weighted by molar-refractivity contribution is -0.158. The van der Waals surface area contributed by atoms with E-state index < -0.39 is 5.41 Å². The maximum atomic E-state index is 12.1. The van der Waals surface area contributed by atoms with Gasteiger partial charge in [0.25, 0.3) is 0 Å². The van der Waals surface area contributed by atoms with Crippen molar-refractivity contribution in [1.29, 1.82) is 0 Å². The van der Waals surface area contributed by atoms with Crippen molar-refractivity contribution in [2.24, 2.45) is 5.41 Å². The van der Waals surface area contributed by atoms with Crippen molar-refractivity contribution < 1.29 is 14.3 Å². The summed E-state index contributed by atoms with van der Waals surface area (Å²) in [5.41, 5.74) is 0.0815. The highest BCUT2D eigenvalue weighted by Gasteiger charge is 2.49. The standard InChI is InChI=1S/C15H18O3/c1-2-18-14(17)15(10-6-9-13(15)16)11-12-7-4-3-5-8-12/h3-5,7-8H,2,6,9-11H2,1H3. The van der Waals surface area contributed by atoms with Crippen LogP contribution in [-0.2, 0) is 20.7 Å². The van der Waals surface area contributed by atoms with Crippen molar-refractivity contribution in [3.8, 4) is 0 Å². The summed E-state index contributed by atoms with van der Waals surface area (Å²) in [5, 5.41) is 0. The highest BCUT2D eigenvalue weighted by atomic mass is 16.5. The first-order valence-corrected chi connectivity index (χ1v) is 6.43. The van der Waals surface area contributed by atoms with Crippen LogP contribution in [-0.4, -0.2) is 18.4 Å². The number of Topliss-reactive ketones (excluding diaryl/α,β-unsaturated/α-hetero) is 1. The topological polar surface area (TPSA) is 43.4 Å². The largest absolute Gasteiger partial charge is 0.465 e. The van der Waals surface area contributed by atoms with E-state index in [1.54, 1.807) is 6.92 Å². The molecule has 1 aromatic rings. The summed E-state index contributed by atoms with van der Waals surface area (Å²) in [6, 6.07) is 9.68. The third-order valence-corrected chi connectivity index (χ3v) is 3.56. The van der Waals surface area contributed by atoms with Gasteiger partial charge in [0, 0.05) is 6.42 Å². The number of hydrogen-bond donors (Lipinski definition) is 0. The molecule has 0 saturated heterocycles. The number of ketones is 1. The maximum absolute atomic E-state index is 12.1. The van der Waals surface area contributed by atoms with Gasteiger partial charge in [0.15, 0.2) is 5.78 Å². The molecule has 0 bridgehead atoms. The van der Waals surface area contributed by atoms with Crippen molar-refractivity contribution in [3.63, 3.8) is 0 Å². The van der Waals surface area contributed by atoms with Gasteiger partial charge in [-0.1, -0.05) is 30.3 Å². The predicted octanol–water partition coefficient (Wildman–Crippen LogP) is 2.53. The molecule has 1 aliphatic rings. The highest BCUT2D eigenvalue weighted by Crippen LogP contribution is 2.39. The summed E-state index contributed by atoms with van der Waals surface area (Å²) in [7, 11) is 0. The van der Waals surface area contributed by atoms with E-state index in [1.807, 2.05) is 30.3 Å². The Morgan fingerprint density at radius 2 is 2.06 bits per heavy atom. The lowest BCUT2D eigenvalue weighted by Gasteiger charge is -2.24. The van der Waals surface area contributed by atoms with Crippen molar-refractivity contribution in [2.75, 3.05) is 6.61 Å². The van der Waals surface area contributed by atoms with E-state index in [1.165, 1.54) is 0 Å². The smallest absolute Gasteiger partial charge is 0.319 e. The quantitative estimate of drug-likeness (QED) is 0.605. The van der Waals surface area contributed by atoms with Crippen molar-refractivity contribution in [2.45, 2.75) is 32.6 Å². The number of carbonyl (C=O) groups is 2. The molecule has 0 spiro atoms. The third-order valence-electron chi connectivity index (χ3n) is 3.56. The number of esters is 1. The van der Waals surface area contributed by atoms with Gasteiger partial charge in [-0.25, -0.2) is 0 Å². The Kier molecular flexibility index (Phi) is 3.80. The second kappa shape index (κ2) is 5.34. The SMILES string of the molecule is CCOC(=O)C1(Cc2ccccc2)CCCC1=O. The van der Waals surface area contributed by atoms with Gasteiger partial charge in [0.2, 0.25) is 0 Å². The molecule has 0 N–H and O–H groups in total.